The average Bonchev–Trinajstić information content (AvgIpc) is 3.60. The Morgan fingerprint density at radius 2 is 1.73 bits per heavy atom. The van der Waals surface area contributed by atoms with Gasteiger partial charge >= 0.3 is 6.09 Å². The van der Waals surface area contributed by atoms with Crippen LogP contribution in [0.1, 0.15) is 16.7 Å². The van der Waals surface area contributed by atoms with E-state index < -0.39 is 12.1 Å². The van der Waals surface area contributed by atoms with Crippen LogP contribution in [0.3, 0.4) is 0 Å². The van der Waals surface area contributed by atoms with Crippen molar-refractivity contribution in [2.45, 2.75) is 26.0 Å². The minimum Gasteiger partial charge on any atom is -0.445 e. The molecule has 4 aromatic carbocycles. The number of aromatic amines is 1. The molecule has 0 aliphatic heterocycles. The minimum atomic E-state index is -0.857. The molecule has 2 heterocycles. The molecule has 0 aliphatic rings. The number of H-pyrrole nitrogens is 1. The number of carbonyl (C=O) groups excluding carboxylic acids is 2. The fraction of sp³-hybridized carbons (Fsp3) is 0.121. The SMILES string of the molecule is Cc1ccc2nc(-c3ccc(NC(=O)[C@H](Cc4c[nH]c5ccccc45)NC(=O)OCc4ccccc4)cc3)sc2c1. The van der Waals surface area contributed by atoms with E-state index in [-0.39, 0.29) is 12.5 Å². The van der Waals surface area contributed by atoms with Crippen LogP contribution in [0.5, 0.6) is 0 Å². The number of benzene rings is 4. The average molecular weight is 561 g/mol. The largest absolute Gasteiger partial charge is 0.445 e. The fourth-order valence-corrected chi connectivity index (χ4v) is 5.79. The Labute approximate surface area is 241 Å². The highest BCUT2D eigenvalue weighted by molar-refractivity contribution is 7.21. The molecule has 41 heavy (non-hydrogen) atoms. The molecule has 0 radical (unpaired) electrons. The van der Waals surface area contributed by atoms with Gasteiger partial charge in [0.05, 0.1) is 10.2 Å². The van der Waals surface area contributed by atoms with Crippen LogP contribution in [0.15, 0.2) is 103 Å². The number of anilines is 1. The molecule has 0 saturated heterocycles. The van der Waals surface area contributed by atoms with Crippen molar-refractivity contribution in [2.24, 2.45) is 0 Å². The zero-order valence-corrected chi connectivity index (χ0v) is 23.2. The van der Waals surface area contributed by atoms with E-state index in [1.807, 2.05) is 91.1 Å². The number of alkyl carbamates (subject to hydrolysis) is 1. The molecule has 0 saturated carbocycles. The second-order valence-electron chi connectivity index (χ2n) is 9.88. The molecular weight excluding hydrogens is 532 g/mol. The smallest absolute Gasteiger partial charge is 0.408 e. The van der Waals surface area contributed by atoms with Gasteiger partial charge < -0.3 is 20.4 Å². The van der Waals surface area contributed by atoms with Crippen LogP contribution in [0.25, 0.3) is 31.7 Å². The highest BCUT2D eigenvalue weighted by Crippen LogP contribution is 2.31. The molecule has 0 spiro atoms. The predicted molar refractivity (Wildman–Crippen MR) is 164 cm³/mol. The summed E-state index contributed by atoms with van der Waals surface area (Å²) >= 11 is 1.64. The second kappa shape index (κ2) is 11.7. The number of carbonyl (C=O) groups is 2. The van der Waals surface area contributed by atoms with Crippen molar-refractivity contribution in [1.82, 2.24) is 15.3 Å². The lowest BCUT2D eigenvalue weighted by atomic mass is 10.0. The van der Waals surface area contributed by atoms with Crippen molar-refractivity contribution in [3.63, 3.8) is 0 Å². The summed E-state index contributed by atoms with van der Waals surface area (Å²) in [6.45, 7) is 2.18. The number of amides is 2. The van der Waals surface area contributed by atoms with Crippen molar-refractivity contribution in [3.05, 3.63) is 120 Å². The van der Waals surface area contributed by atoms with E-state index in [9.17, 15) is 9.59 Å². The first-order valence-corrected chi connectivity index (χ1v) is 14.1. The lowest BCUT2D eigenvalue weighted by molar-refractivity contribution is -0.118. The van der Waals surface area contributed by atoms with Gasteiger partial charge in [0.2, 0.25) is 5.91 Å². The number of rotatable bonds is 8. The molecule has 6 rings (SSSR count). The number of para-hydroxylation sites is 1. The number of aromatic nitrogens is 2. The summed E-state index contributed by atoms with van der Waals surface area (Å²) in [5.74, 6) is -0.338. The maximum atomic E-state index is 13.5. The highest BCUT2D eigenvalue weighted by Gasteiger charge is 2.24. The third-order valence-corrected chi connectivity index (χ3v) is 7.93. The van der Waals surface area contributed by atoms with Crippen LogP contribution in [-0.4, -0.2) is 28.0 Å². The standard InChI is InChI=1S/C33H28N4O3S/c1-21-11-16-28-30(17-21)41-32(36-28)23-12-14-25(15-13-23)35-31(38)29(18-24-19-34-27-10-6-5-9-26(24)27)37-33(39)40-20-22-7-3-2-4-8-22/h2-17,19,29,34H,18,20H2,1H3,(H,35,38)(H,37,39)/t29-/m0/s1. The molecule has 2 amide bonds. The van der Waals surface area contributed by atoms with Crippen LogP contribution in [0.2, 0.25) is 0 Å². The van der Waals surface area contributed by atoms with E-state index in [0.717, 1.165) is 42.8 Å². The van der Waals surface area contributed by atoms with Crippen LogP contribution >= 0.6 is 11.3 Å². The van der Waals surface area contributed by atoms with E-state index >= 15 is 0 Å². The quantitative estimate of drug-likeness (QED) is 0.183. The molecule has 7 nitrogen and oxygen atoms in total. The van der Waals surface area contributed by atoms with E-state index in [2.05, 4.69) is 34.7 Å². The first-order chi connectivity index (χ1) is 20.0. The highest BCUT2D eigenvalue weighted by atomic mass is 32.1. The third kappa shape index (κ3) is 6.13. The summed E-state index contributed by atoms with van der Waals surface area (Å²) in [5, 5.41) is 7.65. The topological polar surface area (TPSA) is 96.1 Å². The minimum absolute atomic E-state index is 0.112. The molecular formula is C33H28N4O3S. The number of fused-ring (bicyclic) bond motifs is 2. The molecule has 204 valence electrons. The van der Waals surface area contributed by atoms with Crippen molar-refractivity contribution in [2.75, 3.05) is 5.32 Å². The summed E-state index contributed by atoms with van der Waals surface area (Å²) in [6, 6.07) is 30.2. The molecule has 8 heteroatoms. The van der Waals surface area contributed by atoms with Crippen LogP contribution in [-0.2, 0) is 22.6 Å². The van der Waals surface area contributed by atoms with Gasteiger partial charge in [-0.25, -0.2) is 9.78 Å². The van der Waals surface area contributed by atoms with Crippen molar-refractivity contribution >= 4 is 50.1 Å². The van der Waals surface area contributed by atoms with Crippen LogP contribution in [0.4, 0.5) is 10.5 Å². The molecule has 0 aliphatic carbocycles. The number of hydrogen-bond donors (Lipinski definition) is 3. The van der Waals surface area contributed by atoms with Gasteiger partial charge in [-0.3, -0.25) is 4.79 Å². The fourth-order valence-electron chi connectivity index (χ4n) is 4.72. The van der Waals surface area contributed by atoms with Crippen molar-refractivity contribution < 1.29 is 14.3 Å². The van der Waals surface area contributed by atoms with Gasteiger partial charge in [0.25, 0.3) is 0 Å². The van der Waals surface area contributed by atoms with Gasteiger partial charge in [0.1, 0.15) is 17.7 Å². The summed E-state index contributed by atoms with van der Waals surface area (Å²) in [4.78, 5) is 34.2. The predicted octanol–water partition coefficient (Wildman–Crippen LogP) is 7.23. The van der Waals surface area contributed by atoms with E-state index in [1.54, 1.807) is 11.3 Å². The Morgan fingerprint density at radius 1 is 0.951 bits per heavy atom. The van der Waals surface area contributed by atoms with Gasteiger partial charge in [-0.15, -0.1) is 11.3 Å². The maximum absolute atomic E-state index is 13.5. The molecule has 0 fully saturated rings. The molecule has 0 bridgehead atoms. The van der Waals surface area contributed by atoms with Crippen molar-refractivity contribution in [3.8, 4) is 10.6 Å². The van der Waals surface area contributed by atoms with Crippen LogP contribution < -0.4 is 10.6 Å². The van der Waals surface area contributed by atoms with Gasteiger partial charge in [0, 0.05) is 34.8 Å². The van der Waals surface area contributed by atoms with Gasteiger partial charge in [-0.2, -0.15) is 0 Å². The van der Waals surface area contributed by atoms with Gasteiger partial charge in [-0.1, -0.05) is 54.6 Å². The number of ether oxygens (including phenoxy) is 1. The third-order valence-electron chi connectivity index (χ3n) is 6.86. The van der Waals surface area contributed by atoms with Gasteiger partial charge in [0.15, 0.2) is 0 Å². The zero-order valence-electron chi connectivity index (χ0n) is 22.4. The Hall–Kier alpha value is -4.95. The lowest BCUT2D eigenvalue weighted by Gasteiger charge is -2.18. The van der Waals surface area contributed by atoms with Gasteiger partial charge in [-0.05, 0) is 66.1 Å². The lowest BCUT2D eigenvalue weighted by Crippen LogP contribution is -2.45. The number of hydrogen-bond acceptors (Lipinski definition) is 5. The Kier molecular flexibility index (Phi) is 7.47. The van der Waals surface area contributed by atoms with E-state index in [4.69, 9.17) is 9.72 Å². The van der Waals surface area contributed by atoms with Crippen molar-refractivity contribution in [1.29, 1.82) is 0 Å². The monoisotopic (exact) mass is 560 g/mol. The first kappa shape index (κ1) is 26.3. The Morgan fingerprint density at radius 3 is 2.56 bits per heavy atom. The summed E-state index contributed by atoms with van der Waals surface area (Å²) in [6.07, 6.45) is 1.51. The number of aryl methyl sites for hydroxylation is 1. The summed E-state index contributed by atoms with van der Waals surface area (Å²) in [7, 11) is 0. The van der Waals surface area contributed by atoms with Crippen LogP contribution in [0, 0.1) is 6.92 Å². The number of thiazole rings is 1. The van der Waals surface area contributed by atoms with E-state index in [1.165, 1.54) is 5.56 Å². The Bertz CT molecular complexity index is 1830. The zero-order chi connectivity index (χ0) is 28.2. The Balaban J connectivity index is 1.18. The molecule has 1 atom stereocenters. The second-order valence-corrected chi connectivity index (χ2v) is 10.9. The molecule has 3 N–H and O–H groups in total. The number of nitrogens with zero attached hydrogens (tertiary/aromatic N) is 1. The molecule has 0 unspecified atom stereocenters. The molecule has 2 aromatic heterocycles. The normalized spacial score (nSPS) is 11.8. The summed E-state index contributed by atoms with van der Waals surface area (Å²) < 4.78 is 6.56. The summed E-state index contributed by atoms with van der Waals surface area (Å²) in [5.41, 5.74) is 6.52. The number of nitrogens with one attached hydrogen (secondary N) is 3. The molecule has 6 aromatic rings. The van der Waals surface area contributed by atoms with E-state index in [0.29, 0.717) is 12.1 Å². The first-order valence-electron chi connectivity index (χ1n) is 13.3. The maximum Gasteiger partial charge on any atom is 0.408 e.